The molecule has 1 aliphatic heterocycles. The summed E-state index contributed by atoms with van der Waals surface area (Å²) < 4.78 is 5.57. The number of carbonyl (C=O) groups is 1. The first-order chi connectivity index (χ1) is 8.22. The number of aromatic amines is 1. The van der Waals surface area contributed by atoms with Crippen LogP contribution < -0.4 is 11.1 Å². The number of ether oxygens (including phenoxy) is 1. The Morgan fingerprint density at radius 1 is 1.76 bits per heavy atom. The van der Waals surface area contributed by atoms with Gasteiger partial charge in [0.15, 0.2) is 0 Å². The van der Waals surface area contributed by atoms with Crippen LogP contribution >= 0.6 is 0 Å². The molecule has 0 saturated carbocycles. The molecule has 0 bridgehead atoms. The van der Waals surface area contributed by atoms with E-state index in [9.17, 15) is 4.79 Å². The van der Waals surface area contributed by atoms with E-state index in [1.54, 1.807) is 0 Å². The molecule has 0 radical (unpaired) electrons. The minimum Gasteiger partial charge on any atom is -0.383 e. The van der Waals surface area contributed by atoms with E-state index < -0.39 is 0 Å². The fourth-order valence-corrected chi connectivity index (χ4v) is 2.17. The first-order valence-corrected chi connectivity index (χ1v) is 5.91. The summed E-state index contributed by atoms with van der Waals surface area (Å²) in [5.74, 6) is 0.521. The van der Waals surface area contributed by atoms with E-state index >= 15 is 0 Å². The number of carbonyl (C=O) groups excluding carboxylic acids is 1. The van der Waals surface area contributed by atoms with Gasteiger partial charge in [-0.25, -0.2) is 0 Å². The predicted molar refractivity (Wildman–Crippen MR) is 63.5 cm³/mol. The molecule has 1 saturated heterocycles. The van der Waals surface area contributed by atoms with Crippen molar-refractivity contribution >= 4 is 11.7 Å². The Labute approximate surface area is 99.9 Å². The quantitative estimate of drug-likeness (QED) is 0.713. The van der Waals surface area contributed by atoms with Gasteiger partial charge in [-0.15, -0.1) is 0 Å². The van der Waals surface area contributed by atoms with Crippen molar-refractivity contribution in [2.24, 2.45) is 5.92 Å². The van der Waals surface area contributed by atoms with Gasteiger partial charge in [-0.1, -0.05) is 6.92 Å². The van der Waals surface area contributed by atoms with Crippen LogP contribution in [0.4, 0.5) is 5.82 Å². The fourth-order valence-electron chi connectivity index (χ4n) is 2.17. The summed E-state index contributed by atoms with van der Waals surface area (Å²) in [6.07, 6.45) is 3.68. The van der Waals surface area contributed by atoms with E-state index in [2.05, 4.69) is 22.4 Å². The summed E-state index contributed by atoms with van der Waals surface area (Å²) in [6.45, 7) is 3.51. The van der Waals surface area contributed by atoms with Crippen LogP contribution in [0.15, 0.2) is 6.20 Å². The number of nitrogen functional groups attached to an aromatic ring is 1. The zero-order valence-corrected chi connectivity index (χ0v) is 9.90. The van der Waals surface area contributed by atoms with Crippen LogP contribution in [0.2, 0.25) is 0 Å². The average molecular weight is 238 g/mol. The van der Waals surface area contributed by atoms with Crippen molar-refractivity contribution in [3.8, 4) is 0 Å². The summed E-state index contributed by atoms with van der Waals surface area (Å²) in [7, 11) is 0. The lowest BCUT2D eigenvalue weighted by Gasteiger charge is -2.16. The normalized spacial score (nSPS) is 23.8. The van der Waals surface area contributed by atoms with Crippen LogP contribution in [0, 0.1) is 5.92 Å². The summed E-state index contributed by atoms with van der Waals surface area (Å²) >= 11 is 0. The van der Waals surface area contributed by atoms with E-state index in [1.807, 2.05) is 0 Å². The summed E-state index contributed by atoms with van der Waals surface area (Å²) in [5.41, 5.74) is 5.98. The number of nitrogens with zero attached hydrogens (tertiary/aromatic N) is 1. The third-order valence-electron chi connectivity index (χ3n) is 3.19. The van der Waals surface area contributed by atoms with Gasteiger partial charge in [-0.3, -0.25) is 9.89 Å². The minimum atomic E-state index is -0.182. The van der Waals surface area contributed by atoms with Crippen molar-refractivity contribution in [1.82, 2.24) is 15.5 Å². The summed E-state index contributed by atoms with van der Waals surface area (Å²) in [6, 6.07) is 0. The van der Waals surface area contributed by atoms with Crippen LogP contribution in [0.25, 0.3) is 0 Å². The highest BCUT2D eigenvalue weighted by molar-refractivity contribution is 5.98. The van der Waals surface area contributed by atoms with E-state index in [1.165, 1.54) is 6.20 Å². The van der Waals surface area contributed by atoms with E-state index in [4.69, 9.17) is 10.5 Å². The van der Waals surface area contributed by atoms with Crippen LogP contribution in [0.1, 0.15) is 30.1 Å². The highest BCUT2D eigenvalue weighted by Crippen LogP contribution is 2.22. The molecule has 1 amide bonds. The second kappa shape index (κ2) is 5.18. The number of aromatic nitrogens is 2. The first-order valence-electron chi connectivity index (χ1n) is 5.91. The molecule has 2 heterocycles. The molecule has 0 aromatic carbocycles. The average Bonchev–Trinajstić information content (AvgIpc) is 2.94. The summed E-state index contributed by atoms with van der Waals surface area (Å²) in [5, 5.41) is 9.13. The number of amides is 1. The number of hydrogen-bond acceptors (Lipinski definition) is 4. The third-order valence-corrected chi connectivity index (χ3v) is 3.19. The van der Waals surface area contributed by atoms with Crippen molar-refractivity contribution in [3.63, 3.8) is 0 Å². The van der Waals surface area contributed by atoms with Gasteiger partial charge in [-0.05, 0) is 12.8 Å². The molecular formula is C11H18N4O2. The molecular weight excluding hydrogens is 220 g/mol. The lowest BCUT2D eigenvalue weighted by Crippen LogP contribution is -2.32. The molecule has 4 N–H and O–H groups in total. The molecule has 2 unspecified atom stereocenters. The Hall–Kier alpha value is -1.56. The maximum Gasteiger partial charge on any atom is 0.256 e. The molecule has 2 atom stereocenters. The SMILES string of the molecule is CCC1OCCC1CNC(=O)c1cn[nH]c1N. The Morgan fingerprint density at radius 2 is 2.59 bits per heavy atom. The molecule has 6 nitrogen and oxygen atoms in total. The molecule has 0 spiro atoms. The maximum atomic E-state index is 11.8. The third kappa shape index (κ3) is 2.58. The van der Waals surface area contributed by atoms with Gasteiger partial charge < -0.3 is 15.8 Å². The molecule has 0 aliphatic carbocycles. The van der Waals surface area contributed by atoms with Gasteiger partial charge in [0, 0.05) is 19.1 Å². The number of nitrogens with one attached hydrogen (secondary N) is 2. The standard InChI is InChI=1S/C11H18N4O2/c1-2-9-7(3-4-17-9)5-13-11(16)8-6-14-15-10(8)12/h6-7,9H,2-5H2,1H3,(H,13,16)(H3,12,14,15). The second-order valence-corrected chi connectivity index (χ2v) is 4.27. The highest BCUT2D eigenvalue weighted by atomic mass is 16.5. The van der Waals surface area contributed by atoms with Crippen LogP contribution in [-0.2, 0) is 4.74 Å². The van der Waals surface area contributed by atoms with Gasteiger partial charge in [0.25, 0.3) is 5.91 Å². The van der Waals surface area contributed by atoms with Crippen LogP contribution in [0.3, 0.4) is 0 Å². The lowest BCUT2D eigenvalue weighted by molar-refractivity contribution is 0.0827. The Morgan fingerprint density at radius 3 is 3.24 bits per heavy atom. The van der Waals surface area contributed by atoms with E-state index in [-0.39, 0.29) is 12.0 Å². The fraction of sp³-hybridized carbons (Fsp3) is 0.636. The smallest absolute Gasteiger partial charge is 0.256 e. The highest BCUT2D eigenvalue weighted by Gasteiger charge is 2.27. The maximum absolute atomic E-state index is 11.8. The molecule has 1 aromatic heterocycles. The Balaban J connectivity index is 1.86. The van der Waals surface area contributed by atoms with Crippen molar-refractivity contribution in [2.75, 3.05) is 18.9 Å². The minimum absolute atomic E-state index is 0.182. The molecule has 2 rings (SSSR count). The molecule has 1 aromatic rings. The Kier molecular flexibility index (Phi) is 3.63. The van der Waals surface area contributed by atoms with Crippen molar-refractivity contribution in [3.05, 3.63) is 11.8 Å². The van der Waals surface area contributed by atoms with Crippen molar-refractivity contribution in [2.45, 2.75) is 25.9 Å². The molecule has 1 fully saturated rings. The molecule has 17 heavy (non-hydrogen) atoms. The predicted octanol–water partition coefficient (Wildman–Crippen LogP) is 0.537. The van der Waals surface area contributed by atoms with Gasteiger partial charge in [0.2, 0.25) is 0 Å². The number of H-pyrrole nitrogens is 1. The van der Waals surface area contributed by atoms with E-state index in [0.29, 0.717) is 23.8 Å². The largest absolute Gasteiger partial charge is 0.383 e. The van der Waals surface area contributed by atoms with Crippen molar-refractivity contribution < 1.29 is 9.53 Å². The second-order valence-electron chi connectivity index (χ2n) is 4.27. The van der Waals surface area contributed by atoms with Gasteiger partial charge in [0.1, 0.15) is 11.4 Å². The lowest BCUT2D eigenvalue weighted by atomic mass is 9.99. The zero-order chi connectivity index (χ0) is 12.3. The van der Waals surface area contributed by atoms with Gasteiger partial charge >= 0.3 is 0 Å². The number of hydrogen-bond donors (Lipinski definition) is 3. The molecule has 94 valence electrons. The van der Waals surface area contributed by atoms with Gasteiger partial charge in [-0.2, -0.15) is 5.10 Å². The van der Waals surface area contributed by atoms with Gasteiger partial charge in [0.05, 0.1) is 12.3 Å². The van der Waals surface area contributed by atoms with Crippen molar-refractivity contribution in [1.29, 1.82) is 0 Å². The number of rotatable bonds is 4. The zero-order valence-electron chi connectivity index (χ0n) is 9.90. The number of anilines is 1. The van der Waals surface area contributed by atoms with E-state index in [0.717, 1.165) is 19.4 Å². The molecule has 1 aliphatic rings. The summed E-state index contributed by atoms with van der Waals surface area (Å²) in [4.78, 5) is 11.8. The first kappa shape index (κ1) is 11.9. The topological polar surface area (TPSA) is 93.0 Å². The van der Waals surface area contributed by atoms with Crippen LogP contribution in [-0.4, -0.2) is 35.4 Å². The number of nitrogens with two attached hydrogens (primary N) is 1. The van der Waals surface area contributed by atoms with Crippen LogP contribution in [0.5, 0.6) is 0 Å². The monoisotopic (exact) mass is 238 g/mol. The molecule has 6 heteroatoms. The Bertz CT molecular complexity index is 391.